The van der Waals surface area contributed by atoms with E-state index >= 15 is 0 Å². The SMILES string of the molecule is CCC[C@H](CNc1ncc(C#N)c(N)n1)N(C)C. The second-order valence-corrected chi connectivity index (χ2v) is 4.39. The third-order valence-corrected chi connectivity index (χ3v) is 2.79. The topological polar surface area (TPSA) is 90.9 Å². The summed E-state index contributed by atoms with van der Waals surface area (Å²) in [5.74, 6) is 0.682. The van der Waals surface area contributed by atoms with Crippen LogP contribution in [0.1, 0.15) is 25.3 Å². The summed E-state index contributed by atoms with van der Waals surface area (Å²) in [5, 5.41) is 11.9. The van der Waals surface area contributed by atoms with Crippen LogP contribution >= 0.6 is 0 Å². The molecule has 0 bridgehead atoms. The van der Waals surface area contributed by atoms with Crippen molar-refractivity contribution in [2.24, 2.45) is 0 Å². The van der Waals surface area contributed by atoms with Gasteiger partial charge in [-0.25, -0.2) is 4.98 Å². The quantitative estimate of drug-likeness (QED) is 0.782. The van der Waals surface area contributed by atoms with Crippen LogP contribution in [0.15, 0.2) is 6.20 Å². The highest BCUT2D eigenvalue weighted by atomic mass is 15.2. The van der Waals surface area contributed by atoms with E-state index in [1.807, 2.05) is 6.07 Å². The van der Waals surface area contributed by atoms with Crippen LogP contribution in [0.25, 0.3) is 0 Å². The Morgan fingerprint density at radius 2 is 2.28 bits per heavy atom. The zero-order valence-corrected chi connectivity index (χ0v) is 11.1. The van der Waals surface area contributed by atoms with Gasteiger partial charge in [-0.3, -0.25) is 0 Å². The van der Waals surface area contributed by atoms with Gasteiger partial charge in [-0.1, -0.05) is 13.3 Å². The van der Waals surface area contributed by atoms with Gasteiger partial charge < -0.3 is 16.0 Å². The summed E-state index contributed by atoms with van der Waals surface area (Å²) < 4.78 is 0. The van der Waals surface area contributed by atoms with Crippen LogP contribution in [-0.4, -0.2) is 41.5 Å². The van der Waals surface area contributed by atoms with Crippen molar-refractivity contribution >= 4 is 11.8 Å². The standard InChI is InChI=1S/C12H20N6/c1-4-5-10(18(2)3)8-16-12-15-7-9(6-13)11(14)17-12/h7,10H,4-5,8H2,1-3H3,(H3,14,15,16,17)/t10-/m1/s1. The average Bonchev–Trinajstić information content (AvgIpc) is 2.34. The van der Waals surface area contributed by atoms with Gasteiger partial charge in [0.15, 0.2) is 0 Å². The number of rotatable bonds is 6. The first-order chi connectivity index (χ1) is 8.58. The molecule has 0 radical (unpaired) electrons. The lowest BCUT2D eigenvalue weighted by atomic mass is 10.1. The van der Waals surface area contributed by atoms with Crippen LogP contribution in [0, 0.1) is 11.3 Å². The van der Waals surface area contributed by atoms with E-state index in [0.717, 1.165) is 19.4 Å². The van der Waals surface area contributed by atoms with Crippen LogP contribution in [0.5, 0.6) is 0 Å². The fourth-order valence-corrected chi connectivity index (χ4v) is 1.65. The largest absolute Gasteiger partial charge is 0.382 e. The van der Waals surface area contributed by atoms with Crippen molar-refractivity contribution < 1.29 is 0 Å². The number of nitrogens with two attached hydrogens (primary N) is 1. The first kappa shape index (κ1) is 14.2. The van der Waals surface area contributed by atoms with Crippen molar-refractivity contribution in [3.05, 3.63) is 11.8 Å². The highest BCUT2D eigenvalue weighted by Gasteiger charge is 2.11. The summed E-state index contributed by atoms with van der Waals surface area (Å²) in [4.78, 5) is 10.3. The van der Waals surface area contributed by atoms with E-state index in [9.17, 15) is 0 Å². The van der Waals surface area contributed by atoms with E-state index < -0.39 is 0 Å². The van der Waals surface area contributed by atoms with Crippen LogP contribution in [0.3, 0.4) is 0 Å². The smallest absolute Gasteiger partial charge is 0.224 e. The van der Waals surface area contributed by atoms with Gasteiger partial charge in [-0.15, -0.1) is 0 Å². The number of nitriles is 1. The fourth-order valence-electron chi connectivity index (χ4n) is 1.65. The third-order valence-electron chi connectivity index (χ3n) is 2.79. The summed E-state index contributed by atoms with van der Waals surface area (Å²) in [7, 11) is 4.10. The maximum absolute atomic E-state index is 8.73. The molecule has 18 heavy (non-hydrogen) atoms. The number of anilines is 2. The van der Waals surface area contributed by atoms with Gasteiger partial charge in [0, 0.05) is 12.6 Å². The molecule has 0 saturated heterocycles. The zero-order valence-electron chi connectivity index (χ0n) is 11.1. The highest BCUT2D eigenvalue weighted by Crippen LogP contribution is 2.09. The Hall–Kier alpha value is -1.87. The Kier molecular flexibility index (Phi) is 5.33. The van der Waals surface area contributed by atoms with Crippen LogP contribution < -0.4 is 11.1 Å². The predicted molar refractivity (Wildman–Crippen MR) is 72.0 cm³/mol. The molecule has 1 rings (SSSR count). The van der Waals surface area contributed by atoms with Gasteiger partial charge in [0.2, 0.25) is 5.95 Å². The lowest BCUT2D eigenvalue weighted by Crippen LogP contribution is -2.34. The van der Waals surface area contributed by atoms with Crippen molar-refractivity contribution in [3.63, 3.8) is 0 Å². The van der Waals surface area contributed by atoms with E-state index in [1.165, 1.54) is 6.20 Å². The number of likely N-dealkylation sites (N-methyl/N-ethyl adjacent to an activating group) is 1. The Labute approximate surface area is 108 Å². The van der Waals surface area contributed by atoms with E-state index in [-0.39, 0.29) is 5.82 Å². The lowest BCUT2D eigenvalue weighted by molar-refractivity contribution is 0.288. The first-order valence-electron chi connectivity index (χ1n) is 6.01. The number of hydrogen-bond acceptors (Lipinski definition) is 6. The summed E-state index contributed by atoms with van der Waals surface area (Å²) in [6.07, 6.45) is 3.67. The Bertz CT molecular complexity index is 423. The van der Waals surface area contributed by atoms with Gasteiger partial charge in [0.25, 0.3) is 0 Å². The molecule has 1 heterocycles. The van der Waals surface area contributed by atoms with Crippen molar-refractivity contribution in [2.75, 3.05) is 31.7 Å². The fraction of sp³-hybridized carbons (Fsp3) is 0.583. The van der Waals surface area contributed by atoms with Gasteiger partial charge in [0.1, 0.15) is 17.5 Å². The van der Waals surface area contributed by atoms with Crippen molar-refractivity contribution in [3.8, 4) is 6.07 Å². The maximum Gasteiger partial charge on any atom is 0.224 e. The van der Waals surface area contributed by atoms with Crippen molar-refractivity contribution in [1.82, 2.24) is 14.9 Å². The molecule has 0 aromatic carbocycles. The molecular formula is C12H20N6. The molecule has 1 aromatic rings. The number of aromatic nitrogens is 2. The molecule has 3 N–H and O–H groups in total. The molecule has 0 aliphatic rings. The number of hydrogen-bond donors (Lipinski definition) is 2. The highest BCUT2D eigenvalue weighted by molar-refractivity contribution is 5.49. The Balaban J connectivity index is 2.62. The van der Waals surface area contributed by atoms with Gasteiger partial charge >= 0.3 is 0 Å². The first-order valence-corrected chi connectivity index (χ1v) is 6.01. The number of nitrogen functional groups attached to an aromatic ring is 1. The minimum absolute atomic E-state index is 0.215. The average molecular weight is 248 g/mol. The molecule has 0 unspecified atom stereocenters. The van der Waals surface area contributed by atoms with Gasteiger partial charge in [-0.05, 0) is 20.5 Å². The van der Waals surface area contributed by atoms with Crippen LogP contribution in [0.2, 0.25) is 0 Å². The summed E-state index contributed by atoms with van der Waals surface area (Å²) in [6, 6.07) is 2.37. The molecule has 6 nitrogen and oxygen atoms in total. The van der Waals surface area contributed by atoms with Crippen LogP contribution in [0.4, 0.5) is 11.8 Å². The molecule has 0 saturated carbocycles. The Morgan fingerprint density at radius 3 is 2.78 bits per heavy atom. The van der Waals surface area contributed by atoms with Gasteiger partial charge in [-0.2, -0.15) is 10.2 Å². The second kappa shape index (κ2) is 6.77. The molecule has 0 fully saturated rings. The molecule has 98 valence electrons. The second-order valence-electron chi connectivity index (χ2n) is 4.39. The van der Waals surface area contributed by atoms with Crippen LogP contribution in [-0.2, 0) is 0 Å². The molecule has 0 aliphatic carbocycles. The van der Waals surface area contributed by atoms with Crippen molar-refractivity contribution in [2.45, 2.75) is 25.8 Å². The molecular weight excluding hydrogens is 228 g/mol. The Morgan fingerprint density at radius 1 is 1.56 bits per heavy atom. The van der Waals surface area contributed by atoms with Crippen molar-refractivity contribution in [1.29, 1.82) is 5.26 Å². The molecule has 0 amide bonds. The summed E-state index contributed by atoms with van der Waals surface area (Å²) in [6.45, 7) is 2.92. The summed E-state index contributed by atoms with van der Waals surface area (Å²) in [5.41, 5.74) is 5.94. The number of nitrogens with zero attached hydrogens (tertiary/aromatic N) is 4. The lowest BCUT2D eigenvalue weighted by Gasteiger charge is -2.24. The summed E-state index contributed by atoms with van der Waals surface area (Å²) >= 11 is 0. The number of nitrogens with one attached hydrogen (secondary N) is 1. The monoisotopic (exact) mass is 248 g/mol. The molecule has 0 aliphatic heterocycles. The molecule has 6 heteroatoms. The zero-order chi connectivity index (χ0) is 13.5. The third kappa shape index (κ3) is 3.86. The molecule has 0 spiro atoms. The molecule has 1 aromatic heterocycles. The predicted octanol–water partition coefficient (Wildman–Crippen LogP) is 1.07. The minimum Gasteiger partial charge on any atom is -0.382 e. The van der Waals surface area contributed by atoms with E-state index in [2.05, 4.69) is 41.2 Å². The molecule has 1 atom stereocenters. The normalized spacial score (nSPS) is 12.2. The maximum atomic E-state index is 8.73. The minimum atomic E-state index is 0.215. The van der Waals surface area contributed by atoms with E-state index in [0.29, 0.717) is 17.6 Å². The van der Waals surface area contributed by atoms with E-state index in [1.54, 1.807) is 0 Å². The van der Waals surface area contributed by atoms with Gasteiger partial charge in [0.05, 0.1) is 6.20 Å². The van der Waals surface area contributed by atoms with E-state index in [4.69, 9.17) is 11.0 Å².